The number of ether oxygens (including phenoxy) is 1. The number of fused-ring (bicyclic) bond motifs is 1. The summed E-state index contributed by atoms with van der Waals surface area (Å²) >= 11 is 0. The average molecular weight is 290 g/mol. The molecule has 0 radical (unpaired) electrons. The number of esters is 1. The second-order valence-corrected chi connectivity index (χ2v) is 5.35. The lowest BCUT2D eigenvalue weighted by atomic mass is 9.95. The maximum Gasteiger partial charge on any atom is 0.305 e. The first-order valence-electron chi connectivity index (χ1n) is 7.35. The molecular weight excluding hydrogens is 268 g/mol. The van der Waals surface area contributed by atoms with Crippen LogP contribution in [0.3, 0.4) is 0 Å². The minimum absolute atomic E-state index is 0.0221. The molecule has 0 aliphatic carbocycles. The summed E-state index contributed by atoms with van der Waals surface area (Å²) in [6.07, 6.45) is 3.61. The largest absolute Gasteiger partial charge is 0.469 e. The van der Waals surface area contributed by atoms with E-state index in [9.17, 15) is 9.59 Å². The van der Waals surface area contributed by atoms with Gasteiger partial charge in [0, 0.05) is 24.6 Å². The van der Waals surface area contributed by atoms with E-state index in [4.69, 9.17) is 5.73 Å². The second-order valence-electron chi connectivity index (χ2n) is 5.35. The molecule has 1 amide bonds. The van der Waals surface area contributed by atoms with Gasteiger partial charge in [0.25, 0.3) is 5.91 Å². The number of carbonyl (C=O) groups excluding carboxylic acids is 2. The van der Waals surface area contributed by atoms with E-state index in [1.807, 2.05) is 18.2 Å². The smallest absolute Gasteiger partial charge is 0.305 e. The van der Waals surface area contributed by atoms with Crippen molar-refractivity contribution < 1.29 is 14.3 Å². The van der Waals surface area contributed by atoms with Crippen molar-refractivity contribution in [3.63, 3.8) is 0 Å². The normalized spacial score (nSPS) is 15.6. The maximum atomic E-state index is 12.0. The Morgan fingerprint density at radius 3 is 3.05 bits per heavy atom. The second kappa shape index (κ2) is 7.22. The first-order chi connectivity index (χ1) is 10.1. The summed E-state index contributed by atoms with van der Waals surface area (Å²) in [5, 5.41) is 2.89. The first kappa shape index (κ1) is 15.5. The molecule has 3 N–H and O–H groups in total. The van der Waals surface area contributed by atoms with Crippen molar-refractivity contribution in [1.82, 2.24) is 5.32 Å². The number of carbonyl (C=O) groups is 2. The van der Waals surface area contributed by atoms with Crippen LogP contribution < -0.4 is 11.1 Å². The number of benzene rings is 1. The predicted octanol–water partition coefficient (Wildman–Crippen LogP) is 1.71. The van der Waals surface area contributed by atoms with Crippen LogP contribution in [0.1, 0.15) is 53.2 Å². The summed E-state index contributed by atoms with van der Waals surface area (Å²) in [4.78, 5) is 23.1. The van der Waals surface area contributed by atoms with Crippen molar-refractivity contribution in [2.24, 2.45) is 5.73 Å². The average Bonchev–Trinajstić information content (AvgIpc) is 2.68. The molecule has 1 aromatic carbocycles. The van der Waals surface area contributed by atoms with Gasteiger partial charge < -0.3 is 15.8 Å². The quantitative estimate of drug-likeness (QED) is 0.809. The molecule has 0 spiro atoms. The van der Waals surface area contributed by atoms with Gasteiger partial charge in [-0.3, -0.25) is 9.59 Å². The predicted molar refractivity (Wildman–Crippen MR) is 79.9 cm³/mol. The van der Waals surface area contributed by atoms with Crippen molar-refractivity contribution in [2.45, 2.75) is 38.1 Å². The van der Waals surface area contributed by atoms with Crippen LogP contribution in [-0.4, -0.2) is 25.5 Å². The number of hydrogen-bond donors (Lipinski definition) is 2. The van der Waals surface area contributed by atoms with E-state index in [1.165, 1.54) is 7.11 Å². The third-order valence-corrected chi connectivity index (χ3v) is 3.84. The van der Waals surface area contributed by atoms with Gasteiger partial charge in [-0.25, -0.2) is 0 Å². The Morgan fingerprint density at radius 2 is 2.29 bits per heavy atom. The van der Waals surface area contributed by atoms with Crippen LogP contribution in [-0.2, 0) is 16.0 Å². The Bertz CT molecular complexity index is 528. The lowest BCUT2D eigenvalue weighted by Gasteiger charge is -2.14. The monoisotopic (exact) mass is 290 g/mol. The molecule has 1 unspecified atom stereocenters. The summed E-state index contributed by atoms with van der Waals surface area (Å²) in [5.41, 5.74) is 8.91. The van der Waals surface area contributed by atoms with E-state index < -0.39 is 0 Å². The van der Waals surface area contributed by atoms with Gasteiger partial charge in [0.1, 0.15) is 0 Å². The summed E-state index contributed by atoms with van der Waals surface area (Å²) in [5.74, 6) is -0.241. The molecule has 0 saturated carbocycles. The minimum Gasteiger partial charge on any atom is -0.469 e. The van der Waals surface area contributed by atoms with Crippen molar-refractivity contribution >= 4 is 11.9 Å². The van der Waals surface area contributed by atoms with Crippen molar-refractivity contribution in [1.29, 1.82) is 0 Å². The van der Waals surface area contributed by atoms with E-state index in [0.717, 1.165) is 29.5 Å². The fourth-order valence-corrected chi connectivity index (χ4v) is 2.57. The molecule has 114 valence electrons. The summed E-state index contributed by atoms with van der Waals surface area (Å²) in [6, 6.07) is 5.70. The zero-order valence-corrected chi connectivity index (χ0v) is 12.4. The maximum absolute atomic E-state index is 12.0. The molecule has 5 heteroatoms. The third kappa shape index (κ3) is 4.04. The molecule has 5 nitrogen and oxygen atoms in total. The molecule has 1 aliphatic rings. The van der Waals surface area contributed by atoms with Crippen LogP contribution in [0.2, 0.25) is 0 Å². The Labute approximate surface area is 124 Å². The number of aryl methyl sites for hydroxylation is 1. The molecule has 2 rings (SSSR count). The topological polar surface area (TPSA) is 81.4 Å². The molecular formula is C16H22N2O3. The van der Waals surface area contributed by atoms with Crippen molar-refractivity contribution in [3.05, 3.63) is 34.9 Å². The SMILES string of the molecule is COC(=O)CCCC(N)c1ccc2c(c1)C(=O)NCCC2. The number of rotatable bonds is 5. The highest BCUT2D eigenvalue weighted by Gasteiger charge is 2.17. The first-order valence-corrected chi connectivity index (χ1v) is 7.35. The Morgan fingerprint density at radius 1 is 1.48 bits per heavy atom. The summed E-state index contributed by atoms with van der Waals surface area (Å²) in [6.45, 7) is 0.716. The zero-order chi connectivity index (χ0) is 15.2. The number of hydrogen-bond acceptors (Lipinski definition) is 4. The fourth-order valence-electron chi connectivity index (χ4n) is 2.57. The summed E-state index contributed by atoms with van der Waals surface area (Å²) in [7, 11) is 1.38. The van der Waals surface area contributed by atoms with Gasteiger partial charge in [-0.1, -0.05) is 12.1 Å². The molecule has 0 bridgehead atoms. The van der Waals surface area contributed by atoms with Gasteiger partial charge >= 0.3 is 5.97 Å². The Balaban J connectivity index is 2.03. The summed E-state index contributed by atoms with van der Waals surface area (Å²) < 4.78 is 4.61. The Kier molecular flexibility index (Phi) is 5.33. The van der Waals surface area contributed by atoms with E-state index in [-0.39, 0.29) is 17.9 Å². The lowest BCUT2D eigenvalue weighted by molar-refractivity contribution is -0.140. The van der Waals surface area contributed by atoms with Gasteiger partial charge in [0.2, 0.25) is 0 Å². The number of nitrogens with one attached hydrogen (secondary N) is 1. The van der Waals surface area contributed by atoms with Crippen LogP contribution in [0.4, 0.5) is 0 Å². The molecule has 1 heterocycles. The van der Waals surface area contributed by atoms with Gasteiger partial charge in [-0.05, 0) is 42.9 Å². The standard InChI is InChI=1S/C16H22N2O3/c1-21-15(19)6-2-5-14(17)12-8-7-11-4-3-9-18-16(20)13(11)10-12/h7-8,10,14H,2-6,9,17H2,1H3,(H,18,20). The van der Waals surface area contributed by atoms with E-state index in [1.54, 1.807) is 0 Å². The highest BCUT2D eigenvalue weighted by atomic mass is 16.5. The van der Waals surface area contributed by atoms with E-state index >= 15 is 0 Å². The van der Waals surface area contributed by atoms with Gasteiger partial charge in [-0.15, -0.1) is 0 Å². The highest BCUT2D eigenvalue weighted by molar-refractivity contribution is 5.96. The number of amides is 1. The van der Waals surface area contributed by atoms with Crippen LogP contribution >= 0.6 is 0 Å². The third-order valence-electron chi connectivity index (χ3n) is 3.84. The zero-order valence-electron chi connectivity index (χ0n) is 12.4. The van der Waals surface area contributed by atoms with Crippen molar-refractivity contribution in [3.8, 4) is 0 Å². The molecule has 0 aromatic heterocycles. The van der Waals surface area contributed by atoms with Crippen molar-refractivity contribution in [2.75, 3.05) is 13.7 Å². The number of methoxy groups -OCH3 is 1. The van der Waals surface area contributed by atoms with Gasteiger partial charge in [-0.2, -0.15) is 0 Å². The van der Waals surface area contributed by atoms with Crippen LogP contribution in [0, 0.1) is 0 Å². The molecule has 1 aliphatic heterocycles. The molecule has 1 aromatic rings. The molecule has 0 fully saturated rings. The molecule has 1 atom stereocenters. The highest BCUT2D eigenvalue weighted by Crippen LogP contribution is 2.22. The van der Waals surface area contributed by atoms with Crippen LogP contribution in [0.25, 0.3) is 0 Å². The van der Waals surface area contributed by atoms with E-state index in [0.29, 0.717) is 25.8 Å². The van der Waals surface area contributed by atoms with Gasteiger partial charge in [0.05, 0.1) is 7.11 Å². The van der Waals surface area contributed by atoms with Crippen LogP contribution in [0.5, 0.6) is 0 Å². The molecule has 21 heavy (non-hydrogen) atoms. The van der Waals surface area contributed by atoms with Gasteiger partial charge in [0.15, 0.2) is 0 Å². The van der Waals surface area contributed by atoms with E-state index in [2.05, 4.69) is 10.1 Å². The molecule has 0 saturated heterocycles. The number of nitrogens with two attached hydrogens (primary N) is 1. The van der Waals surface area contributed by atoms with Crippen LogP contribution in [0.15, 0.2) is 18.2 Å². The lowest BCUT2D eigenvalue weighted by Crippen LogP contribution is -2.23. The fraction of sp³-hybridized carbons (Fsp3) is 0.500. The Hall–Kier alpha value is -1.88. The minimum atomic E-state index is -0.219.